The second kappa shape index (κ2) is 8.31. The van der Waals surface area contributed by atoms with Gasteiger partial charge in [0, 0.05) is 59.0 Å². The van der Waals surface area contributed by atoms with Crippen molar-refractivity contribution in [1.29, 1.82) is 0 Å². The number of hydrogen-bond donors (Lipinski definition) is 1. The van der Waals surface area contributed by atoms with Crippen LogP contribution >= 0.6 is 0 Å². The number of hydrogen-bond acceptors (Lipinski definition) is 5. The molecular formula is C16H27N5O2. The van der Waals surface area contributed by atoms with Gasteiger partial charge < -0.3 is 19.5 Å². The Morgan fingerprint density at radius 2 is 2.26 bits per heavy atom. The van der Waals surface area contributed by atoms with E-state index < -0.39 is 0 Å². The Morgan fingerprint density at radius 1 is 1.39 bits per heavy atom. The molecule has 0 radical (unpaired) electrons. The molecule has 1 unspecified atom stereocenters. The Morgan fingerprint density at radius 3 is 2.91 bits per heavy atom. The maximum Gasteiger partial charge on any atom is 0.193 e. The topological polar surface area (TPSA) is 66.1 Å². The zero-order valence-corrected chi connectivity index (χ0v) is 13.9. The summed E-state index contributed by atoms with van der Waals surface area (Å²) < 4.78 is 10.6. The highest BCUT2D eigenvalue weighted by Crippen LogP contribution is 2.14. The van der Waals surface area contributed by atoms with E-state index in [4.69, 9.17) is 9.26 Å². The number of aromatic nitrogens is 1. The number of rotatable bonds is 5. The molecule has 0 bridgehead atoms. The van der Waals surface area contributed by atoms with Crippen molar-refractivity contribution in [3.05, 3.63) is 18.0 Å². The van der Waals surface area contributed by atoms with Gasteiger partial charge in [0.25, 0.3) is 0 Å². The van der Waals surface area contributed by atoms with E-state index in [0.717, 1.165) is 63.9 Å². The molecule has 2 aliphatic heterocycles. The van der Waals surface area contributed by atoms with Gasteiger partial charge in [-0.25, -0.2) is 0 Å². The zero-order valence-electron chi connectivity index (χ0n) is 13.9. The van der Waals surface area contributed by atoms with Crippen LogP contribution in [0.2, 0.25) is 0 Å². The molecule has 2 fully saturated rings. The molecule has 0 saturated carbocycles. The number of ether oxygens (including phenoxy) is 1. The average molecular weight is 321 g/mol. The van der Waals surface area contributed by atoms with Crippen molar-refractivity contribution in [3.8, 4) is 0 Å². The predicted octanol–water partition coefficient (Wildman–Crippen LogP) is 0.937. The van der Waals surface area contributed by atoms with Crippen LogP contribution in [0.5, 0.6) is 0 Å². The van der Waals surface area contributed by atoms with E-state index in [1.807, 2.05) is 13.1 Å². The summed E-state index contributed by atoms with van der Waals surface area (Å²) in [5, 5.41) is 7.46. The Hall–Kier alpha value is -1.60. The molecule has 0 aromatic carbocycles. The van der Waals surface area contributed by atoms with Crippen LogP contribution < -0.4 is 5.32 Å². The smallest absolute Gasteiger partial charge is 0.193 e. The van der Waals surface area contributed by atoms with Gasteiger partial charge in [0.1, 0.15) is 6.26 Å². The molecule has 2 aliphatic rings. The average Bonchev–Trinajstić information content (AvgIpc) is 3.26. The van der Waals surface area contributed by atoms with Crippen molar-refractivity contribution in [2.45, 2.75) is 31.9 Å². The summed E-state index contributed by atoms with van der Waals surface area (Å²) in [5.74, 6) is 1.00. The van der Waals surface area contributed by atoms with Gasteiger partial charge in [0.15, 0.2) is 5.96 Å². The van der Waals surface area contributed by atoms with Crippen molar-refractivity contribution in [1.82, 2.24) is 20.3 Å². The minimum absolute atomic E-state index is 0.430. The van der Waals surface area contributed by atoms with Gasteiger partial charge in [-0.15, -0.1) is 0 Å². The van der Waals surface area contributed by atoms with E-state index in [1.54, 1.807) is 6.26 Å². The maximum absolute atomic E-state index is 5.66. The van der Waals surface area contributed by atoms with Crippen LogP contribution in [0.1, 0.15) is 25.0 Å². The second-order valence-electron chi connectivity index (χ2n) is 6.15. The van der Waals surface area contributed by atoms with E-state index in [0.29, 0.717) is 6.10 Å². The summed E-state index contributed by atoms with van der Waals surface area (Å²) in [6.45, 7) is 6.70. The second-order valence-corrected chi connectivity index (χ2v) is 6.15. The highest BCUT2D eigenvalue weighted by molar-refractivity contribution is 5.79. The van der Waals surface area contributed by atoms with Crippen LogP contribution in [0, 0.1) is 0 Å². The lowest BCUT2D eigenvalue weighted by atomic mass is 10.2. The Labute approximate surface area is 137 Å². The highest BCUT2D eigenvalue weighted by Gasteiger charge is 2.21. The molecule has 128 valence electrons. The summed E-state index contributed by atoms with van der Waals surface area (Å²) in [4.78, 5) is 9.15. The lowest BCUT2D eigenvalue weighted by Crippen LogP contribution is -2.52. The number of piperazine rings is 1. The minimum atomic E-state index is 0.430. The summed E-state index contributed by atoms with van der Waals surface area (Å²) in [6, 6.07) is 1.93. The zero-order chi connectivity index (χ0) is 15.9. The lowest BCUT2D eigenvalue weighted by Gasteiger charge is -2.36. The van der Waals surface area contributed by atoms with Crippen LogP contribution in [-0.2, 0) is 11.3 Å². The van der Waals surface area contributed by atoms with Gasteiger partial charge in [-0.3, -0.25) is 9.89 Å². The molecule has 0 aliphatic carbocycles. The van der Waals surface area contributed by atoms with Crippen LogP contribution in [0.25, 0.3) is 0 Å². The third-order valence-corrected chi connectivity index (χ3v) is 4.53. The highest BCUT2D eigenvalue weighted by atomic mass is 16.5. The molecule has 3 heterocycles. The van der Waals surface area contributed by atoms with E-state index in [2.05, 4.69) is 25.3 Å². The van der Waals surface area contributed by atoms with Crippen molar-refractivity contribution < 1.29 is 9.26 Å². The van der Waals surface area contributed by atoms with Crippen LogP contribution in [0.15, 0.2) is 21.8 Å². The van der Waals surface area contributed by atoms with Crippen molar-refractivity contribution in [2.24, 2.45) is 4.99 Å². The number of nitrogens with zero attached hydrogens (tertiary/aromatic N) is 4. The van der Waals surface area contributed by atoms with E-state index in [1.165, 1.54) is 12.8 Å². The quantitative estimate of drug-likeness (QED) is 0.643. The van der Waals surface area contributed by atoms with Gasteiger partial charge in [0.05, 0.1) is 11.8 Å². The molecular weight excluding hydrogens is 294 g/mol. The van der Waals surface area contributed by atoms with Crippen LogP contribution in [0.3, 0.4) is 0 Å². The third-order valence-electron chi connectivity index (χ3n) is 4.53. The van der Waals surface area contributed by atoms with Crippen LogP contribution in [-0.4, -0.2) is 73.4 Å². The first-order valence-corrected chi connectivity index (χ1v) is 8.54. The molecule has 23 heavy (non-hydrogen) atoms. The Bertz CT molecular complexity index is 477. The molecule has 7 heteroatoms. The largest absolute Gasteiger partial charge is 0.378 e. The fourth-order valence-corrected chi connectivity index (χ4v) is 3.22. The van der Waals surface area contributed by atoms with E-state index in [-0.39, 0.29) is 0 Å². The van der Waals surface area contributed by atoms with E-state index >= 15 is 0 Å². The molecule has 1 N–H and O–H groups in total. The Balaban J connectivity index is 1.38. The first-order valence-electron chi connectivity index (χ1n) is 8.54. The van der Waals surface area contributed by atoms with Crippen LogP contribution in [0.4, 0.5) is 0 Å². The van der Waals surface area contributed by atoms with Gasteiger partial charge >= 0.3 is 0 Å². The summed E-state index contributed by atoms with van der Waals surface area (Å²) >= 11 is 0. The molecule has 0 amide bonds. The minimum Gasteiger partial charge on any atom is -0.378 e. The number of guanidine groups is 1. The first-order chi connectivity index (χ1) is 11.3. The van der Waals surface area contributed by atoms with Gasteiger partial charge in [-0.05, 0) is 19.3 Å². The summed E-state index contributed by atoms with van der Waals surface area (Å²) in [5.41, 5.74) is 0.998. The fraction of sp³-hybridized carbons (Fsp3) is 0.750. The standard InChI is InChI=1S/C16H27N5O2/c1-17-16(18-6-4-15-3-2-11-22-15)21-9-7-20(8-10-21)13-14-5-12-23-19-14/h5,12,15H,2-4,6-11,13H2,1H3,(H,17,18). The molecule has 2 saturated heterocycles. The molecule has 0 spiro atoms. The van der Waals surface area contributed by atoms with Gasteiger partial charge in [-0.1, -0.05) is 5.16 Å². The molecule has 7 nitrogen and oxygen atoms in total. The van der Waals surface area contributed by atoms with Crippen molar-refractivity contribution in [3.63, 3.8) is 0 Å². The van der Waals surface area contributed by atoms with Crippen molar-refractivity contribution >= 4 is 5.96 Å². The number of aliphatic imine (C=N–C) groups is 1. The SMILES string of the molecule is CN=C(NCCC1CCCO1)N1CCN(Cc2ccon2)CC1. The third kappa shape index (κ3) is 4.68. The van der Waals surface area contributed by atoms with Gasteiger partial charge in [-0.2, -0.15) is 0 Å². The molecule has 1 aromatic rings. The van der Waals surface area contributed by atoms with Gasteiger partial charge in [0.2, 0.25) is 0 Å². The monoisotopic (exact) mass is 321 g/mol. The van der Waals surface area contributed by atoms with Crippen molar-refractivity contribution in [2.75, 3.05) is 46.4 Å². The predicted molar refractivity (Wildman–Crippen MR) is 88.3 cm³/mol. The summed E-state index contributed by atoms with van der Waals surface area (Å²) in [6.07, 6.45) is 5.52. The number of nitrogens with one attached hydrogen (secondary N) is 1. The maximum atomic E-state index is 5.66. The Kier molecular flexibility index (Phi) is 5.87. The first kappa shape index (κ1) is 16.3. The fourth-order valence-electron chi connectivity index (χ4n) is 3.22. The molecule has 1 atom stereocenters. The molecule has 3 rings (SSSR count). The normalized spacial score (nSPS) is 23.4. The molecule has 1 aromatic heterocycles. The van der Waals surface area contributed by atoms with E-state index in [9.17, 15) is 0 Å². The lowest BCUT2D eigenvalue weighted by molar-refractivity contribution is 0.105. The summed E-state index contributed by atoms with van der Waals surface area (Å²) in [7, 11) is 1.86.